The highest BCUT2D eigenvalue weighted by atomic mass is 79.9. The fourth-order valence-electron chi connectivity index (χ4n) is 1.31. The quantitative estimate of drug-likeness (QED) is 0.916. The molecule has 0 fully saturated rings. The summed E-state index contributed by atoms with van der Waals surface area (Å²) < 4.78 is 14.2. The molecule has 1 atom stereocenters. The van der Waals surface area contributed by atoms with Crippen LogP contribution in [0.5, 0.6) is 0 Å². The first-order chi connectivity index (χ1) is 7.06. The lowest BCUT2D eigenvalue weighted by atomic mass is 10.2. The Balaban J connectivity index is 2.86. The molecule has 1 aromatic rings. The predicted molar refractivity (Wildman–Crippen MR) is 63.4 cm³/mol. The average molecular weight is 276 g/mol. The van der Waals surface area contributed by atoms with Gasteiger partial charge in [0.2, 0.25) is 0 Å². The first-order valence-electron chi connectivity index (χ1n) is 4.80. The molecule has 2 N–H and O–H groups in total. The van der Waals surface area contributed by atoms with Crippen LogP contribution >= 0.6 is 15.9 Å². The van der Waals surface area contributed by atoms with Gasteiger partial charge < -0.3 is 10.6 Å². The summed E-state index contributed by atoms with van der Waals surface area (Å²) in [6, 6.07) is 1.59. The van der Waals surface area contributed by atoms with Crippen molar-refractivity contribution in [1.29, 1.82) is 0 Å². The predicted octanol–water partition coefficient (Wildman–Crippen LogP) is 2.16. The molecule has 0 amide bonds. The van der Waals surface area contributed by atoms with Gasteiger partial charge in [-0.25, -0.2) is 9.37 Å². The van der Waals surface area contributed by atoms with Gasteiger partial charge in [0.25, 0.3) is 0 Å². The number of rotatable bonds is 4. The minimum Gasteiger partial charge on any atom is -0.354 e. The molecule has 0 aliphatic rings. The number of halogens is 2. The third-order valence-corrected chi connectivity index (χ3v) is 2.80. The second-order valence-electron chi connectivity index (χ2n) is 3.50. The molecule has 0 aromatic carbocycles. The molecule has 1 unspecified atom stereocenters. The van der Waals surface area contributed by atoms with E-state index < -0.39 is 0 Å². The van der Waals surface area contributed by atoms with Crippen LogP contribution in [0.3, 0.4) is 0 Å². The highest BCUT2D eigenvalue weighted by Gasteiger charge is 2.14. The van der Waals surface area contributed by atoms with Gasteiger partial charge in [-0.3, -0.25) is 0 Å². The van der Waals surface area contributed by atoms with Gasteiger partial charge in [-0.05, 0) is 41.9 Å². The van der Waals surface area contributed by atoms with Crippen LogP contribution in [-0.2, 0) is 0 Å². The Morgan fingerprint density at radius 3 is 2.87 bits per heavy atom. The van der Waals surface area contributed by atoms with Gasteiger partial charge in [-0.2, -0.15) is 0 Å². The zero-order chi connectivity index (χ0) is 11.4. The molecular weight excluding hydrogens is 261 g/mol. The van der Waals surface area contributed by atoms with E-state index in [1.54, 1.807) is 11.1 Å². The summed E-state index contributed by atoms with van der Waals surface area (Å²) in [5.74, 6) is 0.0369. The smallest absolute Gasteiger partial charge is 0.166 e. The number of hydrogen-bond acceptors (Lipinski definition) is 3. The second-order valence-corrected chi connectivity index (χ2v) is 4.41. The van der Waals surface area contributed by atoms with Crippen molar-refractivity contribution in [2.24, 2.45) is 5.73 Å². The molecular formula is C10H15BrFN3. The Hall–Kier alpha value is -0.680. The maximum absolute atomic E-state index is 13.5. The summed E-state index contributed by atoms with van der Waals surface area (Å²) in [4.78, 5) is 5.84. The van der Waals surface area contributed by atoms with E-state index in [1.807, 2.05) is 14.0 Å². The van der Waals surface area contributed by atoms with Gasteiger partial charge in [0.1, 0.15) is 0 Å². The van der Waals surface area contributed by atoms with Crippen molar-refractivity contribution in [3.63, 3.8) is 0 Å². The number of anilines is 1. The fraction of sp³-hybridized carbons (Fsp3) is 0.500. The van der Waals surface area contributed by atoms with Crippen molar-refractivity contribution < 1.29 is 4.39 Å². The van der Waals surface area contributed by atoms with Crippen LogP contribution < -0.4 is 10.6 Å². The Morgan fingerprint density at radius 2 is 2.33 bits per heavy atom. The molecule has 0 radical (unpaired) electrons. The molecule has 1 heterocycles. The van der Waals surface area contributed by atoms with Gasteiger partial charge in [-0.1, -0.05) is 0 Å². The number of nitrogens with zero attached hydrogens (tertiary/aromatic N) is 2. The van der Waals surface area contributed by atoms with E-state index in [0.29, 0.717) is 16.8 Å². The first-order valence-corrected chi connectivity index (χ1v) is 5.59. The molecule has 0 spiro atoms. The molecule has 15 heavy (non-hydrogen) atoms. The van der Waals surface area contributed by atoms with Crippen molar-refractivity contribution in [3.05, 3.63) is 22.6 Å². The zero-order valence-corrected chi connectivity index (χ0v) is 10.5. The van der Waals surface area contributed by atoms with Crippen LogP contribution in [0.25, 0.3) is 0 Å². The molecule has 5 heteroatoms. The van der Waals surface area contributed by atoms with E-state index in [4.69, 9.17) is 5.73 Å². The van der Waals surface area contributed by atoms with E-state index in [-0.39, 0.29) is 11.9 Å². The lowest BCUT2D eigenvalue weighted by molar-refractivity contribution is 0.581. The van der Waals surface area contributed by atoms with Crippen LogP contribution in [0.4, 0.5) is 10.2 Å². The van der Waals surface area contributed by atoms with E-state index >= 15 is 0 Å². The van der Waals surface area contributed by atoms with Crippen LogP contribution in [0, 0.1) is 5.82 Å². The summed E-state index contributed by atoms with van der Waals surface area (Å²) >= 11 is 3.17. The van der Waals surface area contributed by atoms with Gasteiger partial charge >= 0.3 is 0 Å². The van der Waals surface area contributed by atoms with E-state index in [2.05, 4.69) is 20.9 Å². The zero-order valence-electron chi connectivity index (χ0n) is 8.87. The Morgan fingerprint density at radius 1 is 1.67 bits per heavy atom. The number of hydrogen-bond donors (Lipinski definition) is 1. The van der Waals surface area contributed by atoms with Gasteiger partial charge in [0, 0.05) is 23.8 Å². The van der Waals surface area contributed by atoms with E-state index in [1.165, 1.54) is 6.07 Å². The minimum absolute atomic E-state index is 0.179. The lowest BCUT2D eigenvalue weighted by Crippen LogP contribution is -2.32. The molecule has 0 saturated carbocycles. The maximum Gasteiger partial charge on any atom is 0.166 e. The first kappa shape index (κ1) is 12.4. The normalized spacial score (nSPS) is 12.6. The number of nitrogens with two attached hydrogens (primary N) is 1. The highest BCUT2D eigenvalue weighted by Crippen LogP contribution is 2.20. The summed E-state index contributed by atoms with van der Waals surface area (Å²) in [6.45, 7) is 2.58. The Kier molecular flexibility index (Phi) is 4.47. The Labute approximate surface area is 97.6 Å². The summed E-state index contributed by atoms with van der Waals surface area (Å²) in [7, 11) is 1.82. The third kappa shape index (κ3) is 3.14. The SMILES string of the molecule is CC(CCN)N(C)c1ncc(Br)cc1F. The topological polar surface area (TPSA) is 42.1 Å². The van der Waals surface area contributed by atoms with Crippen LogP contribution in [-0.4, -0.2) is 24.6 Å². The third-order valence-electron chi connectivity index (χ3n) is 2.37. The largest absolute Gasteiger partial charge is 0.354 e. The molecule has 0 saturated heterocycles. The van der Waals surface area contributed by atoms with E-state index in [9.17, 15) is 4.39 Å². The van der Waals surface area contributed by atoms with Crippen molar-refractivity contribution in [2.45, 2.75) is 19.4 Å². The minimum atomic E-state index is -0.323. The van der Waals surface area contributed by atoms with E-state index in [0.717, 1.165) is 6.42 Å². The lowest BCUT2D eigenvalue weighted by Gasteiger charge is -2.25. The van der Waals surface area contributed by atoms with Gasteiger partial charge in [-0.15, -0.1) is 0 Å². The van der Waals surface area contributed by atoms with Crippen molar-refractivity contribution in [3.8, 4) is 0 Å². The van der Waals surface area contributed by atoms with Crippen LogP contribution in [0.2, 0.25) is 0 Å². The molecule has 1 aromatic heterocycles. The summed E-state index contributed by atoms with van der Waals surface area (Å²) in [5.41, 5.74) is 5.46. The summed E-state index contributed by atoms with van der Waals surface area (Å²) in [5, 5.41) is 0. The van der Waals surface area contributed by atoms with Crippen LogP contribution in [0.1, 0.15) is 13.3 Å². The fourth-order valence-corrected chi connectivity index (χ4v) is 1.61. The summed E-state index contributed by atoms with van der Waals surface area (Å²) in [6.07, 6.45) is 2.40. The van der Waals surface area contributed by atoms with Crippen molar-refractivity contribution >= 4 is 21.7 Å². The molecule has 0 aliphatic heterocycles. The second kappa shape index (κ2) is 5.42. The van der Waals surface area contributed by atoms with Gasteiger partial charge in [0.05, 0.1) is 0 Å². The average Bonchev–Trinajstić information content (AvgIpc) is 2.17. The standard InChI is InChI=1S/C10H15BrFN3/c1-7(3-4-13)15(2)10-9(12)5-8(11)6-14-10/h5-7H,3-4,13H2,1-2H3. The molecule has 3 nitrogen and oxygen atoms in total. The van der Waals surface area contributed by atoms with Crippen molar-refractivity contribution in [2.75, 3.05) is 18.5 Å². The highest BCUT2D eigenvalue weighted by molar-refractivity contribution is 9.10. The van der Waals surface area contributed by atoms with Gasteiger partial charge in [0.15, 0.2) is 11.6 Å². The van der Waals surface area contributed by atoms with Crippen LogP contribution in [0.15, 0.2) is 16.7 Å². The monoisotopic (exact) mass is 275 g/mol. The molecule has 1 rings (SSSR count). The molecule has 0 bridgehead atoms. The molecule has 0 aliphatic carbocycles. The Bertz CT molecular complexity index is 332. The molecule has 84 valence electrons. The maximum atomic E-state index is 13.5. The number of aromatic nitrogens is 1. The van der Waals surface area contributed by atoms with Crippen molar-refractivity contribution in [1.82, 2.24) is 4.98 Å². The number of pyridine rings is 1.